The van der Waals surface area contributed by atoms with Crippen LogP contribution in [0.2, 0.25) is 0 Å². The maximum atomic E-state index is 12.7. The Morgan fingerprint density at radius 2 is 1.83 bits per heavy atom. The zero-order chi connectivity index (χ0) is 20.2. The number of benzene rings is 2. The third kappa shape index (κ3) is 4.42. The van der Waals surface area contributed by atoms with Gasteiger partial charge in [-0.2, -0.15) is 4.68 Å². The predicted molar refractivity (Wildman–Crippen MR) is 115 cm³/mol. The first-order valence-electron chi connectivity index (χ1n) is 9.68. The van der Waals surface area contributed by atoms with Crippen LogP contribution in [0.3, 0.4) is 0 Å². The number of piperazine rings is 1. The van der Waals surface area contributed by atoms with Crippen molar-refractivity contribution in [2.45, 2.75) is 19.0 Å². The van der Waals surface area contributed by atoms with Gasteiger partial charge >= 0.3 is 0 Å². The van der Waals surface area contributed by atoms with Crippen LogP contribution in [-0.4, -0.2) is 62.9 Å². The number of amides is 1. The van der Waals surface area contributed by atoms with Gasteiger partial charge in [0.2, 0.25) is 11.1 Å². The topological polar surface area (TPSA) is 67.2 Å². The van der Waals surface area contributed by atoms with Crippen molar-refractivity contribution in [1.82, 2.24) is 25.1 Å². The molecule has 3 aromatic rings. The number of hydrogen-bond donors (Lipinski definition) is 0. The van der Waals surface area contributed by atoms with Crippen LogP contribution in [0.1, 0.15) is 11.1 Å². The highest BCUT2D eigenvalue weighted by atomic mass is 32.2. The monoisotopic (exact) mass is 408 g/mol. The highest BCUT2D eigenvalue weighted by molar-refractivity contribution is 7.99. The Balaban J connectivity index is 1.34. The molecule has 1 saturated heterocycles. The molecule has 1 aromatic heterocycles. The second-order valence-corrected chi connectivity index (χ2v) is 8.10. The summed E-state index contributed by atoms with van der Waals surface area (Å²) >= 11 is 1.38. The van der Waals surface area contributed by atoms with Gasteiger partial charge in [-0.3, -0.25) is 4.79 Å². The van der Waals surface area contributed by atoms with Gasteiger partial charge in [-0.25, -0.2) is 0 Å². The van der Waals surface area contributed by atoms with Crippen LogP contribution in [0.25, 0.3) is 5.69 Å². The zero-order valence-corrected chi connectivity index (χ0v) is 17.5. The minimum Gasteiger partial charge on any atom is -0.368 e. The molecule has 150 valence electrons. The fourth-order valence-corrected chi connectivity index (χ4v) is 4.26. The quantitative estimate of drug-likeness (QED) is 0.605. The lowest BCUT2D eigenvalue weighted by atomic mass is 10.2. The molecule has 0 N–H and O–H groups in total. The van der Waals surface area contributed by atoms with Gasteiger partial charge in [-0.1, -0.05) is 42.1 Å². The third-order valence-corrected chi connectivity index (χ3v) is 6.01. The number of anilines is 1. The molecule has 0 atom stereocenters. The molecule has 8 heteroatoms. The molecule has 0 saturated carbocycles. The Morgan fingerprint density at radius 3 is 2.59 bits per heavy atom. The summed E-state index contributed by atoms with van der Waals surface area (Å²) in [6, 6.07) is 16.4. The molecule has 7 nitrogen and oxygen atoms in total. The summed E-state index contributed by atoms with van der Waals surface area (Å²) in [7, 11) is 0. The largest absolute Gasteiger partial charge is 0.368 e. The van der Waals surface area contributed by atoms with Crippen molar-refractivity contribution < 1.29 is 4.79 Å². The SMILES string of the molecule is Cc1cccc(N2CCN(C(=O)CSc3nnnn3-c3ccccc3C)CC2)c1. The molecule has 0 spiro atoms. The number of hydrogen-bond acceptors (Lipinski definition) is 6. The second-order valence-electron chi connectivity index (χ2n) is 7.16. The van der Waals surface area contributed by atoms with Gasteiger partial charge in [0.05, 0.1) is 11.4 Å². The first kappa shape index (κ1) is 19.4. The molecule has 29 heavy (non-hydrogen) atoms. The summed E-state index contributed by atoms with van der Waals surface area (Å²) in [5, 5.41) is 12.6. The lowest BCUT2D eigenvalue weighted by Crippen LogP contribution is -2.49. The summed E-state index contributed by atoms with van der Waals surface area (Å²) < 4.78 is 1.70. The van der Waals surface area contributed by atoms with Crippen molar-refractivity contribution in [3.63, 3.8) is 0 Å². The van der Waals surface area contributed by atoms with E-state index in [0.717, 1.165) is 37.4 Å². The van der Waals surface area contributed by atoms with Gasteiger partial charge in [0.25, 0.3) is 0 Å². The average Bonchev–Trinajstić information content (AvgIpc) is 3.21. The molecule has 1 fully saturated rings. The molecule has 1 amide bonds. The lowest BCUT2D eigenvalue weighted by Gasteiger charge is -2.36. The number of tetrazole rings is 1. The molecule has 1 aliphatic heterocycles. The first-order chi connectivity index (χ1) is 14.1. The Labute approximate surface area is 174 Å². The molecular formula is C21H24N6OS. The number of carbonyl (C=O) groups is 1. The number of rotatable bonds is 5. The highest BCUT2D eigenvalue weighted by Crippen LogP contribution is 2.22. The van der Waals surface area contributed by atoms with E-state index in [1.807, 2.05) is 36.1 Å². The van der Waals surface area contributed by atoms with Crippen molar-refractivity contribution in [1.29, 1.82) is 0 Å². The first-order valence-corrected chi connectivity index (χ1v) is 10.7. The van der Waals surface area contributed by atoms with Crippen molar-refractivity contribution >= 4 is 23.4 Å². The van der Waals surface area contributed by atoms with E-state index in [-0.39, 0.29) is 5.91 Å². The van der Waals surface area contributed by atoms with Gasteiger partial charge in [-0.15, -0.1) is 5.10 Å². The molecular weight excluding hydrogens is 384 g/mol. The van der Waals surface area contributed by atoms with Gasteiger partial charge in [0.1, 0.15) is 0 Å². The van der Waals surface area contributed by atoms with E-state index in [1.165, 1.54) is 23.0 Å². The lowest BCUT2D eigenvalue weighted by molar-refractivity contribution is -0.128. The molecule has 0 unspecified atom stereocenters. The van der Waals surface area contributed by atoms with Crippen LogP contribution in [0.4, 0.5) is 5.69 Å². The number of nitrogens with zero attached hydrogens (tertiary/aromatic N) is 6. The fourth-order valence-electron chi connectivity index (χ4n) is 3.48. The van der Waals surface area contributed by atoms with E-state index in [0.29, 0.717) is 10.9 Å². The van der Waals surface area contributed by atoms with Crippen LogP contribution in [-0.2, 0) is 4.79 Å². The van der Waals surface area contributed by atoms with Crippen molar-refractivity contribution in [3.05, 3.63) is 59.7 Å². The van der Waals surface area contributed by atoms with Gasteiger partial charge < -0.3 is 9.80 Å². The Hall–Kier alpha value is -2.87. The van der Waals surface area contributed by atoms with E-state index in [1.54, 1.807) is 4.68 Å². The van der Waals surface area contributed by atoms with E-state index in [9.17, 15) is 4.79 Å². The summed E-state index contributed by atoms with van der Waals surface area (Å²) in [6.45, 7) is 7.28. The number of carbonyl (C=O) groups excluding carboxylic acids is 1. The molecule has 1 aliphatic rings. The third-order valence-electron chi connectivity index (χ3n) is 5.11. The maximum Gasteiger partial charge on any atom is 0.233 e. The molecule has 2 heterocycles. The Morgan fingerprint density at radius 1 is 1.03 bits per heavy atom. The fraction of sp³-hybridized carbons (Fsp3) is 0.333. The molecule has 2 aromatic carbocycles. The maximum absolute atomic E-state index is 12.7. The minimum absolute atomic E-state index is 0.123. The smallest absolute Gasteiger partial charge is 0.233 e. The normalized spacial score (nSPS) is 14.3. The van der Waals surface area contributed by atoms with Crippen LogP contribution in [0.15, 0.2) is 53.7 Å². The van der Waals surface area contributed by atoms with Gasteiger partial charge in [0.15, 0.2) is 0 Å². The number of aryl methyl sites for hydroxylation is 2. The van der Waals surface area contributed by atoms with Crippen LogP contribution < -0.4 is 4.90 Å². The Bertz CT molecular complexity index is 996. The summed E-state index contributed by atoms with van der Waals surface area (Å²) in [5.41, 5.74) is 4.49. The summed E-state index contributed by atoms with van der Waals surface area (Å²) in [6.07, 6.45) is 0. The zero-order valence-electron chi connectivity index (χ0n) is 16.7. The van der Waals surface area contributed by atoms with Gasteiger partial charge in [0, 0.05) is 31.9 Å². The van der Waals surface area contributed by atoms with Crippen molar-refractivity contribution in [2.24, 2.45) is 0 Å². The second kappa shape index (κ2) is 8.65. The molecule has 0 bridgehead atoms. The van der Waals surface area contributed by atoms with Crippen LogP contribution in [0.5, 0.6) is 0 Å². The van der Waals surface area contributed by atoms with E-state index < -0.39 is 0 Å². The van der Waals surface area contributed by atoms with E-state index >= 15 is 0 Å². The van der Waals surface area contributed by atoms with Crippen molar-refractivity contribution in [3.8, 4) is 5.69 Å². The number of thioether (sulfide) groups is 1. The standard InChI is InChI=1S/C21H24N6OS/c1-16-6-5-8-18(14-16)25-10-12-26(13-11-25)20(28)15-29-21-22-23-24-27(21)19-9-4-3-7-17(19)2/h3-9,14H,10-13,15H2,1-2H3. The highest BCUT2D eigenvalue weighted by Gasteiger charge is 2.22. The number of aromatic nitrogens is 4. The van der Waals surface area contributed by atoms with Crippen LogP contribution in [0, 0.1) is 13.8 Å². The average molecular weight is 409 g/mol. The minimum atomic E-state index is 0.123. The van der Waals surface area contributed by atoms with Crippen LogP contribution >= 0.6 is 11.8 Å². The Kier molecular flexibility index (Phi) is 5.80. The van der Waals surface area contributed by atoms with E-state index in [4.69, 9.17) is 0 Å². The van der Waals surface area contributed by atoms with E-state index in [2.05, 4.69) is 51.6 Å². The summed E-state index contributed by atoms with van der Waals surface area (Å²) in [4.78, 5) is 17.0. The summed E-state index contributed by atoms with van der Waals surface area (Å²) in [5.74, 6) is 0.453. The predicted octanol–water partition coefficient (Wildman–Crippen LogP) is 2.72. The molecule has 4 rings (SSSR count). The molecule has 0 aliphatic carbocycles. The number of para-hydroxylation sites is 1. The molecule has 0 radical (unpaired) electrons. The van der Waals surface area contributed by atoms with Gasteiger partial charge in [-0.05, 0) is 53.6 Å². The van der Waals surface area contributed by atoms with Crippen molar-refractivity contribution in [2.75, 3.05) is 36.8 Å².